The van der Waals surface area contributed by atoms with Crippen LogP contribution in [-0.4, -0.2) is 34.1 Å². The molecule has 0 unspecified atom stereocenters. The SMILES string of the molecule is CC(=O)N(C)c1ccc([N+](C)(C)C)cc1.[I-]. The quantitative estimate of drug-likeness (QED) is 0.495. The highest BCUT2D eigenvalue weighted by Gasteiger charge is 2.12. The normalized spacial score (nSPS) is 10.6. The molecule has 0 aliphatic heterocycles. The van der Waals surface area contributed by atoms with Gasteiger partial charge < -0.3 is 28.9 Å². The van der Waals surface area contributed by atoms with Crippen LogP contribution in [-0.2, 0) is 4.79 Å². The molecule has 1 aromatic carbocycles. The van der Waals surface area contributed by atoms with E-state index in [9.17, 15) is 4.79 Å². The van der Waals surface area contributed by atoms with Crippen LogP contribution < -0.4 is 33.4 Å². The maximum atomic E-state index is 11.1. The summed E-state index contributed by atoms with van der Waals surface area (Å²) in [6.07, 6.45) is 0. The van der Waals surface area contributed by atoms with E-state index >= 15 is 0 Å². The van der Waals surface area contributed by atoms with Gasteiger partial charge in [-0.05, 0) is 12.1 Å². The van der Waals surface area contributed by atoms with Crippen molar-refractivity contribution in [3.05, 3.63) is 24.3 Å². The van der Waals surface area contributed by atoms with Crippen molar-refractivity contribution in [2.24, 2.45) is 0 Å². The molecule has 16 heavy (non-hydrogen) atoms. The van der Waals surface area contributed by atoms with Crippen LogP contribution in [0.25, 0.3) is 0 Å². The number of nitrogens with zero attached hydrogens (tertiary/aromatic N) is 2. The third-order valence-electron chi connectivity index (χ3n) is 2.48. The van der Waals surface area contributed by atoms with E-state index in [0.717, 1.165) is 10.2 Å². The molecule has 3 nitrogen and oxygen atoms in total. The summed E-state index contributed by atoms with van der Waals surface area (Å²) in [6.45, 7) is 1.56. The maximum Gasteiger partial charge on any atom is 0.223 e. The topological polar surface area (TPSA) is 20.3 Å². The molecule has 0 spiro atoms. The molecule has 0 fully saturated rings. The number of carbonyl (C=O) groups is 1. The zero-order valence-electron chi connectivity index (χ0n) is 10.5. The van der Waals surface area contributed by atoms with Gasteiger partial charge in [-0.15, -0.1) is 0 Å². The molecule has 1 rings (SSSR count). The summed E-state index contributed by atoms with van der Waals surface area (Å²) in [7, 11) is 8.13. The summed E-state index contributed by atoms with van der Waals surface area (Å²) in [5, 5.41) is 0. The van der Waals surface area contributed by atoms with Gasteiger partial charge in [-0.1, -0.05) is 0 Å². The van der Waals surface area contributed by atoms with E-state index in [0.29, 0.717) is 0 Å². The van der Waals surface area contributed by atoms with Gasteiger partial charge in [0.15, 0.2) is 0 Å². The van der Waals surface area contributed by atoms with Crippen molar-refractivity contribution in [3.8, 4) is 0 Å². The first-order chi connectivity index (χ1) is 6.82. The van der Waals surface area contributed by atoms with E-state index in [1.807, 2.05) is 12.1 Å². The van der Waals surface area contributed by atoms with E-state index in [1.165, 1.54) is 5.69 Å². The number of rotatable bonds is 2. The first-order valence-corrected chi connectivity index (χ1v) is 4.99. The Bertz CT molecular complexity index is 354. The van der Waals surface area contributed by atoms with E-state index < -0.39 is 0 Å². The largest absolute Gasteiger partial charge is 1.00 e. The molecular weight excluding hydrogens is 315 g/mol. The van der Waals surface area contributed by atoms with Gasteiger partial charge in [0.1, 0.15) is 5.69 Å². The number of anilines is 1. The van der Waals surface area contributed by atoms with E-state index in [2.05, 4.69) is 33.3 Å². The Morgan fingerprint density at radius 3 is 1.88 bits per heavy atom. The van der Waals surface area contributed by atoms with Crippen LogP contribution >= 0.6 is 0 Å². The van der Waals surface area contributed by atoms with Crippen molar-refractivity contribution < 1.29 is 28.8 Å². The van der Waals surface area contributed by atoms with Crippen LogP contribution in [0, 0.1) is 0 Å². The second-order valence-electron chi connectivity index (χ2n) is 4.61. The highest BCUT2D eigenvalue weighted by atomic mass is 127. The first-order valence-electron chi connectivity index (χ1n) is 4.99. The predicted molar refractivity (Wildman–Crippen MR) is 65.1 cm³/mol. The third kappa shape index (κ3) is 3.75. The molecule has 0 N–H and O–H groups in total. The molecule has 0 aliphatic rings. The van der Waals surface area contributed by atoms with Crippen molar-refractivity contribution in [1.29, 1.82) is 0 Å². The van der Waals surface area contributed by atoms with Crippen molar-refractivity contribution in [2.75, 3.05) is 33.1 Å². The Hall–Kier alpha value is -0.620. The third-order valence-corrected chi connectivity index (χ3v) is 2.48. The van der Waals surface area contributed by atoms with Crippen molar-refractivity contribution >= 4 is 17.3 Å². The fourth-order valence-corrected chi connectivity index (χ4v) is 1.31. The molecule has 0 bridgehead atoms. The summed E-state index contributed by atoms with van der Waals surface area (Å²) in [6, 6.07) is 8.05. The summed E-state index contributed by atoms with van der Waals surface area (Å²) in [5.74, 6) is 0.0491. The molecule has 1 amide bonds. The molecular formula is C12H19IN2O. The van der Waals surface area contributed by atoms with Crippen LogP contribution in [0.3, 0.4) is 0 Å². The lowest BCUT2D eigenvalue weighted by Gasteiger charge is -2.24. The highest BCUT2D eigenvalue weighted by Crippen LogP contribution is 2.21. The molecule has 1 aromatic rings. The minimum atomic E-state index is 0. The fraction of sp³-hybridized carbons (Fsp3) is 0.417. The lowest BCUT2D eigenvalue weighted by Crippen LogP contribution is -3.00. The molecule has 0 saturated heterocycles. The monoisotopic (exact) mass is 334 g/mol. The molecule has 0 radical (unpaired) electrons. The molecule has 90 valence electrons. The van der Waals surface area contributed by atoms with Gasteiger partial charge in [-0.25, -0.2) is 0 Å². The average molecular weight is 334 g/mol. The van der Waals surface area contributed by atoms with E-state index in [4.69, 9.17) is 0 Å². The van der Waals surface area contributed by atoms with Crippen molar-refractivity contribution in [1.82, 2.24) is 4.48 Å². The van der Waals surface area contributed by atoms with Crippen molar-refractivity contribution in [3.63, 3.8) is 0 Å². The number of amides is 1. The second kappa shape index (κ2) is 5.63. The second-order valence-corrected chi connectivity index (χ2v) is 4.61. The van der Waals surface area contributed by atoms with Crippen LogP contribution in [0.4, 0.5) is 11.4 Å². The summed E-state index contributed by atoms with van der Waals surface area (Å²) >= 11 is 0. The van der Waals surface area contributed by atoms with Gasteiger partial charge >= 0.3 is 0 Å². The highest BCUT2D eigenvalue weighted by molar-refractivity contribution is 5.90. The number of benzene rings is 1. The Labute approximate surface area is 115 Å². The molecule has 0 aromatic heterocycles. The average Bonchev–Trinajstić information content (AvgIpc) is 2.15. The molecule has 0 atom stereocenters. The van der Waals surface area contributed by atoms with E-state index in [-0.39, 0.29) is 29.9 Å². The lowest BCUT2D eigenvalue weighted by atomic mass is 10.2. The summed E-state index contributed by atoms with van der Waals surface area (Å²) in [4.78, 5) is 12.8. The van der Waals surface area contributed by atoms with Crippen LogP contribution in [0.2, 0.25) is 0 Å². The molecule has 0 heterocycles. The summed E-state index contributed by atoms with van der Waals surface area (Å²) < 4.78 is 0.782. The summed E-state index contributed by atoms with van der Waals surface area (Å²) in [5.41, 5.74) is 2.15. The molecule has 0 aliphatic carbocycles. The van der Waals surface area contributed by atoms with Crippen molar-refractivity contribution in [2.45, 2.75) is 6.92 Å². The smallest absolute Gasteiger partial charge is 0.223 e. The molecule has 4 heteroatoms. The number of hydrogen-bond acceptors (Lipinski definition) is 1. The Morgan fingerprint density at radius 1 is 1.12 bits per heavy atom. The lowest BCUT2D eigenvalue weighted by molar-refractivity contribution is -0.116. The van der Waals surface area contributed by atoms with Gasteiger partial charge in [0.2, 0.25) is 5.91 Å². The van der Waals surface area contributed by atoms with Gasteiger partial charge in [0, 0.05) is 31.8 Å². The van der Waals surface area contributed by atoms with Gasteiger partial charge in [-0.3, -0.25) is 9.28 Å². The Kier molecular flexibility index (Phi) is 5.41. The Morgan fingerprint density at radius 2 is 1.56 bits per heavy atom. The minimum Gasteiger partial charge on any atom is -1.00 e. The number of hydrogen-bond donors (Lipinski definition) is 0. The fourth-order valence-electron chi connectivity index (χ4n) is 1.31. The van der Waals surface area contributed by atoms with Gasteiger partial charge in [0.05, 0.1) is 21.1 Å². The van der Waals surface area contributed by atoms with E-state index in [1.54, 1.807) is 18.9 Å². The number of carbonyl (C=O) groups excluding carboxylic acids is 1. The maximum absolute atomic E-state index is 11.1. The number of halogens is 1. The molecule has 0 saturated carbocycles. The zero-order valence-corrected chi connectivity index (χ0v) is 12.6. The van der Waals surface area contributed by atoms with Crippen LogP contribution in [0.5, 0.6) is 0 Å². The zero-order chi connectivity index (χ0) is 11.6. The van der Waals surface area contributed by atoms with Gasteiger partial charge in [-0.2, -0.15) is 0 Å². The first kappa shape index (κ1) is 15.4. The standard InChI is InChI=1S/C12H19N2O.HI/c1-10(15)13(2)11-6-8-12(9-7-11)14(3,4)5;/h6-9H,1-5H3;1H/q+1;/p-1. The number of quaternary nitrogens is 1. The van der Waals surface area contributed by atoms with Crippen LogP contribution in [0.1, 0.15) is 6.92 Å². The van der Waals surface area contributed by atoms with Gasteiger partial charge in [0.25, 0.3) is 0 Å². The predicted octanol–water partition coefficient (Wildman–Crippen LogP) is -1.13. The minimum absolute atomic E-state index is 0. The Balaban J connectivity index is 0.00000225. The van der Waals surface area contributed by atoms with Crippen LogP contribution in [0.15, 0.2) is 24.3 Å².